The Hall–Kier alpha value is -1.88. The van der Waals surface area contributed by atoms with E-state index in [2.05, 4.69) is 24.4 Å². The Morgan fingerprint density at radius 2 is 1.84 bits per heavy atom. The van der Waals surface area contributed by atoms with Crippen LogP contribution in [-0.2, 0) is 9.59 Å². The molecule has 1 fully saturated rings. The fraction of sp³-hybridized carbons (Fsp3) is 0.600. The highest BCUT2D eigenvalue weighted by Gasteiger charge is 2.22. The summed E-state index contributed by atoms with van der Waals surface area (Å²) >= 11 is 0. The Kier molecular flexibility index (Phi) is 6.59. The molecule has 138 valence electrons. The normalized spacial score (nSPS) is 17.7. The molecule has 5 nitrogen and oxygen atoms in total. The first-order chi connectivity index (χ1) is 11.8. The average Bonchev–Trinajstić information content (AvgIpc) is 2.50. The van der Waals surface area contributed by atoms with E-state index in [1.165, 1.54) is 12.0 Å². The second-order valence-corrected chi connectivity index (χ2v) is 7.58. The number of hydrogen-bond donors (Lipinski definition) is 1. The summed E-state index contributed by atoms with van der Waals surface area (Å²) in [7, 11) is 1.82. The molecule has 1 N–H and O–H groups in total. The number of likely N-dealkylation sites (N-methyl/N-ethyl adjacent to an activating group) is 1. The molecule has 25 heavy (non-hydrogen) atoms. The van der Waals surface area contributed by atoms with Crippen molar-refractivity contribution in [2.75, 3.05) is 38.5 Å². The van der Waals surface area contributed by atoms with Gasteiger partial charge >= 0.3 is 0 Å². The Labute approximate surface area is 151 Å². The van der Waals surface area contributed by atoms with Gasteiger partial charge in [-0.05, 0) is 57.7 Å². The van der Waals surface area contributed by atoms with Gasteiger partial charge in [-0.15, -0.1) is 0 Å². The third-order valence-electron chi connectivity index (χ3n) is 4.77. The zero-order valence-electron chi connectivity index (χ0n) is 16.2. The van der Waals surface area contributed by atoms with Crippen molar-refractivity contribution in [1.29, 1.82) is 0 Å². The van der Waals surface area contributed by atoms with Crippen LogP contribution in [-0.4, -0.2) is 54.8 Å². The summed E-state index contributed by atoms with van der Waals surface area (Å²) in [5.74, 6) is 0.598. The lowest BCUT2D eigenvalue weighted by atomic mass is 10.0. The Balaban J connectivity index is 1.87. The van der Waals surface area contributed by atoms with Crippen molar-refractivity contribution in [3.8, 4) is 0 Å². The van der Waals surface area contributed by atoms with Gasteiger partial charge in [-0.1, -0.05) is 24.6 Å². The fourth-order valence-electron chi connectivity index (χ4n) is 3.60. The van der Waals surface area contributed by atoms with Gasteiger partial charge in [-0.2, -0.15) is 0 Å². The summed E-state index contributed by atoms with van der Waals surface area (Å²) in [5.41, 5.74) is 4.19. The van der Waals surface area contributed by atoms with Gasteiger partial charge in [0.25, 0.3) is 0 Å². The number of rotatable bonds is 5. The number of piperidine rings is 1. The third kappa shape index (κ3) is 5.56. The highest BCUT2D eigenvalue weighted by molar-refractivity contribution is 5.94. The summed E-state index contributed by atoms with van der Waals surface area (Å²) in [5, 5.41) is 2.99. The molecule has 1 saturated heterocycles. The Morgan fingerprint density at radius 3 is 2.44 bits per heavy atom. The quantitative estimate of drug-likeness (QED) is 0.893. The van der Waals surface area contributed by atoms with Crippen molar-refractivity contribution in [2.24, 2.45) is 5.92 Å². The maximum absolute atomic E-state index is 12.4. The number of carbonyl (C=O) groups excluding carboxylic acids is 2. The van der Waals surface area contributed by atoms with Crippen LogP contribution < -0.4 is 5.32 Å². The molecule has 1 heterocycles. The minimum absolute atomic E-state index is 0.0858. The zero-order valence-corrected chi connectivity index (χ0v) is 16.2. The number of nitrogens with one attached hydrogen (secondary N) is 1. The van der Waals surface area contributed by atoms with Crippen LogP contribution in [0.1, 0.15) is 36.5 Å². The van der Waals surface area contributed by atoms with Gasteiger partial charge < -0.3 is 10.2 Å². The molecule has 1 aromatic rings. The van der Waals surface area contributed by atoms with Crippen molar-refractivity contribution < 1.29 is 9.59 Å². The smallest absolute Gasteiger partial charge is 0.238 e. The highest BCUT2D eigenvalue weighted by Crippen LogP contribution is 2.21. The van der Waals surface area contributed by atoms with Crippen LogP contribution in [0.2, 0.25) is 0 Å². The molecule has 2 amide bonds. The maximum atomic E-state index is 12.4. The second kappa shape index (κ2) is 8.48. The second-order valence-electron chi connectivity index (χ2n) is 7.58. The van der Waals surface area contributed by atoms with E-state index in [-0.39, 0.29) is 24.9 Å². The van der Waals surface area contributed by atoms with E-state index in [4.69, 9.17) is 0 Å². The summed E-state index contributed by atoms with van der Waals surface area (Å²) in [4.78, 5) is 28.5. The number of likely N-dealkylation sites (tertiary alicyclic amines) is 1. The van der Waals surface area contributed by atoms with Crippen molar-refractivity contribution in [1.82, 2.24) is 9.80 Å². The molecule has 2 rings (SSSR count). The van der Waals surface area contributed by atoms with E-state index in [1.54, 1.807) is 4.90 Å². The van der Waals surface area contributed by atoms with E-state index in [0.717, 1.165) is 36.3 Å². The molecule has 5 heteroatoms. The summed E-state index contributed by atoms with van der Waals surface area (Å²) in [6.45, 7) is 10.4. The molecule has 0 bridgehead atoms. The van der Waals surface area contributed by atoms with E-state index in [0.29, 0.717) is 5.92 Å². The molecule has 0 radical (unpaired) electrons. The van der Waals surface area contributed by atoms with Gasteiger partial charge in [0.2, 0.25) is 11.8 Å². The third-order valence-corrected chi connectivity index (χ3v) is 4.77. The largest absolute Gasteiger partial charge is 0.341 e. The van der Waals surface area contributed by atoms with Crippen LogP contribution in [0.25, 0.3) is 0 Å². The van der Waals surface area contributed by atoms with Crippen molar-refractivity contribution in [3.05, 3.63) is 28.8 Å². The highest BCUT2D eigenvalue weighted by atomic mass is 16.2. The first-order valence-corrected chi connectivity index (χ1v) is 9.10. The zero-order chi connectivity index (χ0) is 18.6. The first-order valence-electron chi connectivity index (χ1n) is 9.10. The Bertz CT molecular complexity index is 619. The van der Waals surface area contributed by atoms with Crippen LogP contribution in [0.15, 0.2) is 12.1 Å². The maximum Gasteiger partial charge on any atom is 0.238 e. The molecule has 1 aliphatic heterocycles. The number of benzene rings is 1. The van der Waals surface area contributed by atoms with Crippen LogP contribution in [0.4, 0.5) is 5.69 Å². The lowest BCUT2D eigenvalue weighted by Gasteiger charge is -2.32. The Morgan fingerprint density at radius 1 is 1.20 bits per heavy atom. The average molecular weight is 345 g/mol. The molecule has 1 aliphatic rings. The van der Waals surface area contributed by atoms with E-state index in [1.807, 2.05) is 32.7 Å². The molecule has 1 atom stereocenters. The number of amides is 2. The number of hydrogen-bond acceptors (Lipinski definition) is 3. The minimum atomic E-state index is -0.0858. The summed E-state index contributed by atoms with van der Waals surface area (Å²) in [6, 6.07) is 4.13. The van der Waals surface area contributed by atoms with Gasteiger partial charge in [0.1, 0.15) is 0 Å². The number of carbonyl (C=O) groups is 2. The predicted octanol–water partition coefficient (Wildman–Crippen LogP) is 2.74. The van der Waals surface area contributed by atoms with E-state index < -0.39 is 0 Å². The van der Waals surface area contributed by atoms with Crippen molar-refractivity contribution in [2.45, 2.75) is 40.5 Å². The molecule has 0 aliphatic carbocycles. The van der Waals surface area contributed by atoms with Crippen LogP contribution in [0.3, 0.4) is 0 Å². The van der Waals surface area contributed by atoms with E-state index >= 15 is 0 Å². The van der Waals surface area contributed by atoms with Gasteiger partial charge in [-0.3, -0.25) is 14.5 Å². The van der Waals surface area contributed by atoms with Crippen LogP contribution >= 0.6 is 0 Å². The SMILES string of the molecule is Cc1cc(C)c(NC(=O)CN(C)CC(=O)N2CCC[C@@H](C)C2)c(C)c1. The van der Waals surface area contributed by atoms with Gasteiger partial charge in [-0.25, -0.2) is 0 Å². The van der Waals surface area contributed by atoms with Crippen LogP contribution in [0, 0.1) is 26.7 Å². The minimum Gasteiger partial charge on any atom is -0.341 e. The lowest BCUT2D eigenvalue weighted by Crippen LogP contribution is -2.45. The molecule has 1 aromatic carbocycles. The summed E-state index contributed by atoms with van der Waals surface area (Å²) in [6.07, 6.45) is 2.26. The number of anilines is 1. The molecular formula is C20H31N3O2. The van der Waals surface area contributed by atoms with Gasteiger partial charge in [0, 0.05) is 18.8 Å². The van der Waals surface area contributed by atoms with E-state index in [9.17, 15) is 9.59 Å². The number of nitrogens with zero attached hydrogens (tertiary/aromatic N) is 2. The molecule has 0 spiro atoms. The monoisotopic (exact) mass is 345 g/mol. The predicted molar refractivity (Wildman–Crippen MR) is 102 cm³/mol. The lowest BCUT2D eigenvalue weighted by molar-refractivity contribution is -0.134. The van der Waals surface area contributed by atoms with Gasteiger partial charge in [0.15, 0.2) is 0 Å². The fourth-order valence-corrected chi connectivity index (χ4v) is 3.60. The topological polar surface area (TPSA) is 52.7 Å². The number of aryl methyl sites for hydroxylation is 3. The molecule has 0 aromatic heterocycles. The van der Waals surface area contributed by atoms with Crippen molar-refractivity contribution in [3.63, 3.8) is 0 Å². The molecule has 0 unspecified atom stereocenters. The van der Waals surface area contributed by atoms with Gasteiger partial charge in [0.05, 0.1) is 13.1 Å². The standard InChI is InChI=1S/C20H31N3O2/c1-14-7-6-8-23(11-14)19(25)13-22(5)12-18(24)21-20-16(3)9-15(2)10-17(20)4/h9-10,14H,6-8,11-13H2,1-5H3,(H,21,24)/t14-/m1/s1. The van der Waals surface area contributed by atoms with Crippen molar-refractivity contribution >= 4 is 17.5 Å². The summed E-state index contributed by atoms with van der Waals surface area (Å²) < 4.78 is 0. The first kappa shape index (κ1) is 19.4. The van der Waals surface area contributed by atoms with Crippen LogP contribution in [0.5, 0.6) is 0 Å². The molecule has 0 saturated carbocycles. The molecular weight excluding hydrogens is 314 g/mol.